The maximum atomic E-state index is 5.87. The van der Waals surface area contributed by atoms with Crippen molar-refractivity contribution < 1.29 is 9.47 Å². The summed E-state index contributed by atoms with van der Waals surface area (Å²) in [6.45, 7) is 2.65. The Morgan fingerprint density at radius 1 is 1.21 bits per heavy atom. The van der Waals surface area contributed by atoms with Gasteiger partial charge in [-0.2, -0.15) is 0 Å². The van der Waals surface area contributed by atoms with Crippen LogP contribution >= 0.6 is 24.0 Å². The number of pyridine rings is 1. The minimum absolute atomic E-state index is 0. The number of aromatic nitrogens is 1. The molecule has 0 radical (unpaired) electrons. The molecule has 1 N–H and O–H groups in total. The highest BCUT2D eigenvalue weighted by Gasteiger charge is 2.27. The number of nitrogens with zero attached hydrogens (tertiary/aromatic N) is 1. The number of methoxy groups -OCH3 is 1. The van der Waals surface area contributed by atoms with E-state index in [9.17, 15) is 0 Å². The molecule has 1 aromatic carbocycles. The average molecular weight is 369 g/mol. The zero-order chi connectivity index (χ0) is 16.1. The minimum Gasteiger partial charge on any atom is -0.497 e. The van der Waals surface area contributed by atoms with Crippen LogP contribution in [0.4, 0.5) is 0 Å². The molecule has 130 valence electrons. The summed E-state index contributed by atoms with van der Waals surface area (Å²) in [5.41, 5.74) is 1.32. The van der Waals surface area contributed by atoms with Gasteiger partial charge in [0.1, 0.15) is 5.75 Å². The summed E-state index contributed by atoms with van der Waals surface area (Å²) in [4.78, 5) is 4.20. The van der Waals surface area contributed by atoms with E-state index in [-0.39, 0.29) is 12.4 Å². The summed E-state index contributed by atoms with van der Waals surface area (Å²) in [5.74, 6) is 2.40. The molecule has 0 spiro atoms. The van der Waals surface area contributed by atoms with Gasteiger partial charge in [-0.3, -0.25) is 0 Å². The van der Waals surface area contributed by atoms with Crippen molar-refractivity contribution in [1.82, 2.24) is 10.3 Å². The highest BCUT2D eigenvalue weighted by Crippen LogP contribution is 2.31. The summed E-state index contributed by atoms with van der Waals surface area (Å²) >= 11 is 5.85. The number of benzene rings is 1. The minimum atomic E-state index is 0. The highest BCUT2D eigenvalue weighted by molar-refractivity contribution is 6.30. The summed E-state index contributed by atoms with van der Waals surface area (Å²) in [7, 11) is 1.69. The maximum absolute atomic E-state index is 5.87. The fourth-order valence-electron chi connectivity index (χ4n) is 2.99. The molecule has 4 nitrogen and oxygen atoms in total. The first-order valence-corrected chi connectivity index (χ1v) is 8.23. The molecular weight excluding hydrogens is 347 g/mol. The van der Waals surface area contributed by atoms with Gasteiger partial charge in [-0.05, 0) is 36.7 Å². The van der Waals surface area contributed by atoms with E-state index in [0.29, 0.717) is 29.3 Å². The number of hydrogen-bond acceptors (Lipinski definition) is 4. The highest BCUT2D eigenvalue weighted by atomic mass is 35.5. The van der Waals surface area contributed by atoms with E-state index in [4.69, 9.17) is 21.1 Å². The van der Waals surface area contributed by atoms with E-state index in [1.54, 1.807) is 19.4 Å². The van der Waals surface area contributed by atoms with E-state index in [1.165, 1.54) is 5.56 Å². The Balaban J connectivity index is 0.00000208. The third-order valence-electron chi connectivity index (χ3n) is 4.31. The number of nitrogens with one attached hydrogen (secondary N) is 1. The first-order chi connectivity index (χ1) is 11.3. The lowest BCUT2D eigenvalue weighted by atomic mass is 9.82. The predicted octanol–water partition coefficient (Wildman–Crippen LogP) is 3.94. The van der Waals surface area contributed by atoms with Crippen molar-refractivity contribution in [3.63, 3.8) is 0 Å². The van der Waals surface area contributed by atoms with Crippen LogP contribution in [0.2, 0.25) is 5.02 Å². The summed E-state index contributed by atoms with van der Waals surface area (Å²) < 4.78 is 11.1. The van der Waals surface area contributed by atoms with Crippen LogP contribution in [0.1, 0.15) is 17.9 Å². The van der Waals surface area contributed by atoms with Gasteiger partial charge >= 0.3 is 0 Å². The molecule has 1 saturated heterocycles. The molecule has 24 heavy (non-hydrogen) atoms. The van der Waals surface area contributed by atoms with Gasteiger partial charge in [0.2, 0.25) is 5.88 Å². The predicted molar refractivity (Wildman–Crippen MR) is 98.7 cm³/mol. The molecule has 0 saturated carbocycles. The lowest BCUT2D eigenvalue weighted by Gasteiger charge is -2.32. The van der Waals surface area contributed by atoms with Gasteiger partial charge in [-0.15, -0.1) is 12.4 Å². The van der Waals surface area contributed by atoms with Crippen LogP contribution in [0.25, 0.3) is 0 Å². The molecule has 0 bridgehead atoms. The Labute approximate surface area is 153 Å². The summed E-state index contributed by atoms with van der Waals surface area (Å²) in [6.07, 6.45) is 2.70. The molecule has 2 atom stereocenters. The largest absolute Gasteiger partial charge is 0.497 e. The van der Waals surface area contributed by atoms with Gasteiger partial charge in [0.15, 0.2) is 0 Å². The molecule has 1 fully saturated rings. The first-order valence-electron chi connectivity index (χ1n) is 7.85. The zero-order valence-electron chi connectivity index (χ0n) is 13.6. The van der Waals surface area contributed by atoms with Crippen LogP contribution in [0.3, 0.4) is 0 Å². The fraction of sp³-hybridized carbons (Fsp3) is 0.389. The molecule has 0 amide bonds. The lowest BCUT2D eigenvalue weighted by molar-refractivity contribution is 0.189. The second-order valence-corrected chi connectivity index (χ2v) is 6.19. The van der Waals surface area contributed by atoms with E-state index < -0.39 is 0 Å². The quantitative estimate of drug-likeness (QED) is 0.867. The number of halogens is 2. The zero-order valence-corrected chi connectivity index (χ0v) is 15.1. The van der Waals surface area contributed by atoms with E-state index in [1.807, 2.05) is 18.2 Å². The number of hydrogen-bond donors (Lipinski definition) is 1. The second kappa shape index (κ2) is 9.11. The number of ether oxygens (including phenoxy) is 2. The van der Waals surface area contributed by atoms with E-state index >= 15 is 0 Å². The summed E-state index contributed by atoms with van der Waals surface area (Å²) in [6, 6.07) is 11.9. The molecular formula is C18H22Cl2N2O2. The third-order valence-corrected chi connectivity index (χ3v) is 4.54. The SMILES string of the molecule is COc1ccc(C2CNCCC2COc2ccc(Cl)cn2)cc1.Cl. The Morgan fingerprint density at radius 3 is 2.67 bits per heavy atom. The summed E-state index contributed by atoms with van der Waals surface area (Å²) in [5, 5.41) is 4.10. The Bertz CT molecular complexity index is 620. The van der Waals surface area contributed by atoms with Gasteiger partial charge < -0.3 is 14.8 Å². The van der Waals surface area contributed by atoms with Crippen molar-refractivity contribution in [3.8, 4) is 11.6 Å². The van der Waals surface area contributed by atoms with Crippen molar-refractivity contribution in [1.29, 1.82) is 0 Å². The molecule has 2 aromatic rings. The molecule has 1 aliphatic rings. The van der Waals surface area contributed by atoms with Crippen LogP contribution < -0.4 is 14.8 Å². The molecule has 3 rings (SSSR count). The molecule has 1 aliphatic heterocycles. The average Bonchev–Trinajstić information content (AvgIpc) is 2.62. The third kappa shape index (κ3) is 4.76. The van der Waals surface area contributed by atoms with Crippen molar-refractivity contribution >= 4 is 24.0 Å². The maximum Gasteiger partial charge on any atom is 0.213 e. The van der Waals surface area contributed by atoms with E-state index in [2.05, 4.69) is 22.4 Å². The standard InChI is InChI=1S/C18H21ClN2O2.ClH/c1-22-16-5-2-13(3-6-16)17-11-20-9-8-14(17)12-23-18-7-4-15(19)10-21-18;/h2-7,10,14,17,20H,8-9,11-12H2,1H3;1H. The van der Waals surface area contributed by atoms with Crippen molar-refractivity contribution in [2.75, 3.05) is 26.8 Å². The second-order valence-electron chi connectivity index (χ2n) is 5.76. The molecule has 2 unspecified atom stereocenters. The van der Waals surface area contributed by atoms with Crippen molar-refractivity contribution in [2.45, 2.75) is 12.3 Å². The van der Waals surface area contributed by atoms with Crippen molar-refractivity contribution in [3.05, 3.63) is 53.2 Å². The van der Waals surface area contributed by atoms with E-state index in [0.717, 1.165) is 25.3 Å². The van der Waals surface area contributed by atoms with Crippen LogP contribution in [0, 0.1) is 5.92 Å². The first kappa shape index (κ1) is 18.8. The van der Waals surface area contributed by atoms with Gasteiger partial charge in [0.25, 0.3) is 0 Å². The van der Waals surface area contributed by atoms with Crippen LogP contribution in [-0.4, -0.2) is 31.8 Å². The fourth-order valence-corrected chi connectivity index (χ4v) is 3.11. The van der Waals surface area contributed by atoms with Gasteiger partial charge in [-0.1, -0.05) is 23.7 Å². The van der Waals surface area contributed by atoms with Gasteiger partial charge in [0.05, 0.1) is 18.7 Å². The topological polar surface area (TPSA) is 43.4 Å². The normalized spacial score (nSPS) is 20.1. The van der Waals surface area contributed by atoms with Gasteiger partial charge in [0, 0.05) is 30.6 Å². The smallest absolute Gasteiger partial charge is 0.213 e. The Kier molecular flexibility index (Phi) is 7.16. The molecule has 6 heteroatoms. The molecule has 1 aromatic heterocycles. The number of piperidine rings is 1. The van der Waals surface area contributed by atoms with Crippen LogP contribution in [0.5, 0.6) is 11.6 Å². The number of rotatable bonds is 5. The monoisotopic (exact) mass is 368 g/mol. The van der Waals surface area contributed by atoms with Crippen LogP contribution in [-0.2, 0) is 0 Å². The molecule has 2 heterocycles. The van der Waals surface area contributed by atoms with Crippen molar-refractivity contribution in [2.24, 2.45) is 5.92 Å². The van der Waals surface area contributed by atoms with Crippen LogP contribution in [0.15, 0.2) is 42.6 Å². The Morgan fingerprint density at radius 2 is 2.00 bits per heavy atom. The Hall–Kier alpha value is -1.49. The van der Waals surface area contributed by atoms with Gasteiger partial charge in [-0.25, -0.2) is 4.98 Å². The lowest BCUT2D eigenvalue weighted by Crippen LogP contribution is -2.37. The molecule has 0 aliphatic carbocycles.